The molecule has 0 bridgehead atoms. The molecule has 0 spiro atoms. The molecule has 2 amide bonds. The van der Waals surface area contributed by atoms with E-state index in [-0.39, 0.29) is 23.4 Å². The van der Waals surface area contributed by atoms with Crippen molar-refractivity contribution in [2.45, 2.75) is 69.0 Å². The molecule has 0 aliphatic heterocycles. The van der Waals surface area contributed by atoms with Crippen LogP contribution in [0.4, 0.5) is 5.69 Å². The van der Waals surface area contributed by atoms with E-state index in [0.29, 0.717) is 17.9 Å². The van der Waals surface area contributed by atoms with Crippen molar-refractivity contribution in [3.63, 3.8) is 0 Å². The van der Waals surface area contributed by atoms with Gasteiger partial charge in [0, 0.05) is 12.6 Å². The smallest absolute Gasteiger partial charge is 0.264 e. The number of nitrogens with zero attached hydrogens (tertiary/aromatic N) is 2. The van der Waals surface area contributed by atoms with E-state index in [1.807, 2.05) is 37.3 Å². The van der Waals surface area contributed by atoms with Crippen LogP contribution in [0.3, 0.4) is 0 Å². The second-order valence-electron chi connectivity index (χ2n) is 10.3. The van der Waals surface area contributed by atoms with Gasteiger partial charge in [-0.3, -0.25) is 13.9 Å². The first-order chi connectivity index (χ1) is 19.8. The summed E-state index contributed by atoms with van der Waals surface area (Å²) in [5, 5.41) is 3.17. The van der Waals surface area contributed by atoms with E-state index < -0.39 is 28.5 Å². The molecule has 3 aromatic rings. The van der Waals surface area contributed by atoms with Gasteiger partial charge in [-0.05, 0) is 61.2 Å². The molecule has 3 aromatic carbocycles. The van der Waals surface area contributed by atoms with Gasteiger partial charge in [0.1, 0.15) is 18.3 Å². The third kappa shape index (κ3) is 7.67. The van der Waals surface area contributed by atoms with Crippen LogP contribution in [-0.4, -0.2) is 50.9 Å². The zero-order valence-corrected chi connectivity index (χ0v) is 24.6. The molecule has 0 aromatic heterocycles. The molecule has 8 nitrogen and oxygen atoms in total. The van der Waals surface area contributed by atoms with E-state index >= 15 is 0 Å². The highest BCUT2D eigenvalue weighted by atomic mass is 32.2. The molecule has 4 rings (SSSR count). The lowest BCUT2D eigenvalue weighted by Gasteiger charge is -2.34. The van der Waals surface area contributed by atoms with Crippen LogP contribution in [0, 0.1) is 0 Å². The van der Waals surface area contributed by atoms with E-state index in [2.05, 4.69) is 5.32 Å². The molecular weight excluding hydrogens is 538 g/mol. The van der Waals surface area contributed by atoms with Crippen molar-refractivity contribution in [1.29, 1.82) is 0 Å². The third-order valence-electron chi connectivity index (χ3n) is 7.50. The van der Waals surface area contributed by atoms with Crippen LogP contribution in [0.5, 0.6) is 5.75 Å². The number of nitrogens with one attached hydrogen (secondary N) is 1. The highest BCUT2D eigenvalue weighted by molar-refractivity contribution is 7.92. The van der Waals surface area contributed by atoms with Gasteiger partial charge in [0.05, 0.1) is 17.7 Å². The Kier molecular flexibility index (Phi) is 10.4. The predicted molar refractivity (Wildman–Crippen MR) is 160 cm³/mol. The molecule has 0 radical (unpaired) electrons. The van der Waals surface area contributed by atoms with Gasteiger partial charge >= 0.3 is 0 Å². The number of para-hydroxylation sites is 1. The summed E-state index contributed by atoms with van der Waals surface area (Å²) >= 11 is 0. The second-order valence-corrected chi connectivity index (χ2v) is 12.2. The summed E-state index contributed by atoms with van der Waals surface area (Å²) in [6.45, 7) is 1.60. The Hall–Kier alpha value is -3.85. The molecule has 0 heterocycles. The van der Waals surface area contributed by atoms with Gasteiger partial charge in [0.2, 0.25) is 11.8 Å². The minimum Gasteiger partial charge on any atom is -0.497 e. The topological polar surface area (TPSA) is 96.0 Å². The molecule has 1 saturated carbocycles. The highest BCUT2D eigenvalue weighted by Gasteiger charge is 2.34. The molecule has 0 saturated heterocycles. The molecule has 1 N–H and O–H groups in total. The number of rotatable bonds is 12. The maximum Gasteiger partial charge on any atom is 0.264 e. The summed E-state index contributed by atoms with van der Waals surface area (Å²) in [6, 6.07) is 23.4. The van der Waals surface area contributed by atoms with Crippen LogP contribution in [0.25, 0.3) is 0 Å². The molecule has 1 unspecified atom stereocenters. The van der Waals surface area contributed by atoms with Gasteiger partial charge in [-0.2, -0.15) is 0 Å². The summed E-state index contributed by atoms with van der Waals surface area (Å²) in [5.74, 6) is -0.136. The van der Waals surface area contributed by atoms with Gasteiger partial charge < -0.3 is 15.0 Å². The average Bonchev–Trinajstić information content (AvgIpc) is 3.01. The zero-order chi connectivity index (χ0) is 29.2. The summed E-state index contributed by atoms with van der Waals surface area (Å²) in [7, 11) is -2.62. The predicted octanol–water partition coefficient (Wildman–Crippen LogP) is 5.15. The monoisotopic (exact) mass is 577 g/mol. The summed E-state index contributed by atoms with van der Waals surface area (Å²) in [4.78, 5) is 29.2. The van der Waals surface area contributed by atoms with Crippen LogP contribution in [-0.2, 0) is 26.2 Å². The Labute approximate surface area is 243 Å². The Balaban J connectivity index is 1.67. The number of benzene rings is 3. The van der Waals surface area contributed by atoms with Gasteiger partial charge in [0.25, 0.3) is 10.0 Å². The second kappa shape index (κ2) is 14.2. The normalized spacial score (nSPS) is 14.6. The fourth-order valence-corrected chi connectivity index (χ4v) is 6.66. The summed E-state index contributed by atoms with van der Waals surface area (Å²) < 4.78 is 34.1. The van der Waals surface area contributed by atoms with Crippen molar-refractivity contribution in [1.82, 2.24) is 10.2 Å². The average molecular weight is 578 g/mol. The Bertz CT molecular complexity index is 1380. The van der Waals surface area contributed by atoms with Crippen molar-refractivity contribution in [2.75, 3.05) is 18.0 Å². The van der Waals surface area contributed by atoms with E-state index in [1.165, 1.54) is 30.6 Å². The number of hydrogen-bond acceptors (Lipinski definition) is 5. The Morgan fingerprint density at radius 2 is 1.51 bits per heavy atom. The summed E-state index contributed by atoms with van der Waals surface area (Å²) in [5.41, 5.74) is 1.21. The van der Waals surface area contributed by atoms with Gasteiger partial charge in [-0.1, -0.05) is 74.7 Å². The Morgan fingerprint density at radius 3 is 2.10 bits per heavy atom. The number of ether oxygens (including phenoxy) is 1. The van der Waals surface area contributed by atoms with Gasteiger partial charge in [-0.15, -0.1) is 0 Å². The number of carbonyl (C=O) groups is 2. The van der Waals surface area contributed by atoms with Crippen LogP contribution in [0.2, 0.25) is 0 Å². The standard InChI is InChI=1S/C32H39N3O5S/c1-3-30(32(37)33-26-15-9-5-10-16-26)34(23-25-13-7-4-8-14-25)31(36)24-35(27-17-11-6-12-18-27)41(38,39)29-21-19-28(40-2)20-22-29/h4,6-8,11-14,17-22,26,30H,3,5,9-10,15-16,23-24H2,1-2H3,(H,33,37). The number of sulfonamides is 1. The lowest BCUT2D eigenvalue weighted by molar-refractivity contribution is -0.140. The van der Waals surface area contributed by atoms with Crippen molar-refractivity contribution >= 4 is 27.5 Å². The number of anilines is 1. The maximum absolute atomic E-state index is 14.1. The van der Waals surface area contributed by atoms with E-state index in [1.54, 1.807) is 42.5 Å². The highest BCUT2D eigenvalue weighted by Crippen LogP contribution is 2.26. The molecule has 41 heavy (non-hydrogen) atoms. The third-order valence-corrected chi connectivity index (χ3v) is 9.29. The number of hydrogen-bond donors (Lipinski definition) is 1. The first-order valence-electron chi connectivity index (χ1n) is 14.2. The molecular formula is C32H39N3O5S. The molecule has 9 heteroatoms. The quantitative estimate of drug-likeness (QED) is 0.321. The minimum atomic E-state index is -4.13. The summed E-state index contributed by atoms with van der Waals surface area (Å²) in [6.07, 6.45) is 5.56. The van der Waals surface area contributed by atoms with Crippen molar-refractivity contribution in [3.8, 4) is 5.75 Å². The number of methoxy groups -OCH3 is 1. The first-order valence-corrected chi connectivity index (χ1v) is 15.6. The van der Waals surface area contributed by atoms with Crippen molar-refractivity contribution in [2.24, 2.45) is 0 Å². The lowest BCUT2D eigenvalue weighted by atomic mass is 9.95. The van der Waals surface area contributed by atoms with E-state index in [4.69, 9.17) is 4.74 Å². The minimum absolute atomic E-state index is 0.0339. The van der Waals surface area contributed by atoms with E-state index in [0.717, 1.165) is 35.6 Å². The molecule has 1 fully saturated rings. The van der Waals surface area contributed by atoms with Crippen LogP contribution < -0.4 is 14.4 Å². The molecule has 218 valence electrons. The van der Waals surface area contributed by atoms with Crippen LogP contribution in [0.1, 0.15) is 51.0 Å². The lowest BCUT2D eigenvalue weighted by Crippen LogP contribution is -2.54. The fourth-order valence-electron chi connectivity index (χ4n) is 5.24. The van der Waals surface area contributed by atoms with Gasteiger partial charge in [0.15, 0.2) is 0 Å². The number of amides is 2. The SMILES string of the molecule is CCC(C(=O)NC1CCCCC1)N(Cc1ccccc1)C(=O)CN(c1ccccc1)S(=O)(=O)c1ccc(OC)cc1. The van der Waals surface area contributed by atoms with E-state index in [9.17, 15) is 18.0 Å². The van der Waals surface area contributed by atoms with Crippen LogP contribution in [0.15, 0.2) is 89.8 Å². The van der Waals surface area contributed by atoms with Gasteiger partial charge in [-0.25, -0.2) is 8.42 Å². The Morgan fingerprint density at radius 1 is 0.902 bits per heavy atom. The number of carbonyl (C=O) groups excluding carboxylic acids is 2. The molecule has 1 aliphatic rings. The van der Waals surface area contributed by atoms with Crippen molar-refractivity contribution in [3.05, 3.63) is 90.5 Å². The zero-order valence-electron chi connectivity index (χ0n) is 23.7. The molecule has 1 atom stereocenters. The van der Waals surface area contributed by atoms with Crippen molar-refractivity contribution < 1.29 is 22.7 Å². The first kappa shape index (κ1) is 30.1. The fraction of sp³-hybridized carbons (Fsp3) is 0.375. The molecule has 1 aliphatic carbocycles. The van der Waals surface area contributed by atoms with Crippen LogP contribution >= 0.6 is 0 Å². The maximum atomic E-state index is 14.1. The largest absolute Gasteiger partial charge is 0.497 e.